The molecule has 0 aromatic carbocycles. The molecule has 0 bridgehead atoms. The Morgan fingerprint density at radius 3 is 2.96 bits per heavy atom. The van der Waals surface area contributed by atoms with Crippen LogP contribution >= 0.6 is 11.3 Å². The van der Waals surface area contributed by atoms with Crippen LogP contribution in [0.2, 0.25) is 0 Å². The van der Waals surface area contributed by atoms with Crippen molar-refractivity contribution in [2.24, 2.45) is 0 Å². The SMILES string of the molecule is Nc1ncnc2c1c(-c1nc(Oc3cccs3)co1)nn2C1CCCC1. The first-order valence-corrected chi connectivity index (χ1v) is 9.33. The lowest BCUT2D eigenvalue weighted by Crippen LogP contribution is -2.07. The van der Waals surface area contributed by atoms with Crippen LogP contribution in [0.25, 0.3) is 22.6 Å². The molecule has 2 N–H and O–H groups in total. The number of nitrogens with zero attached hydrogens (tertiary/aromatic N) is 5. The van der Waals surface area contributed by atoms with Gasteiger partial charge in [-0.3, -0.25) is 0 Å². The Morgan fingerprint density at radius 1 is 1.27 bits per heavy atom. The van der Waals surface area contributed by atoms with Gasteiger partial charge in [-0.25, -0.2) is 14.6 Å². The molecule has 4 heterocycles. The van der Waals surface area contributed by atoms with Crippen molar-refractivity contribution in [2.75, 3.05) is 5.73 Å². The van der Waals surface area contributed by atoms with Gasteiger partial charge in [0, 0.05) is 0 Å². The molecule has 1 saturated carbocycles. The summed E-state index contributed by atoms with van der Waals surface area (Å²) in [5, 5.41) is 8.09. The van der Waals surface area contributed by atoms with E-state index in [0.717, 1.165) is 23.6 Å². The van der Waals surface area contributed by atoms with Crippen molar-refractivity contribution < 1.29 is 9.15 Å². The standard InChI is InChI=1S/C17H16N6O2S/c18-15-13-14(17-21-11(8-24-17)25-12-6-3-7-26-12)22-23(10-4-1-2-5-10)16(13)20-9-19-15/h3,6-10H,1-2,4-5H2,(H2,18,19,20). The molecule has 0 amide bonds. The number of nitrogens with two attached hydrogens (primary N) is 1. The zero-order valence-electron chi connectivity index (χ0n) is 13.8. The first-order chi connectivity index (χ1) is 12.8. The van der Waals surface area contributed by atoms with E-state index in [1.54, 1.807) is 0 Å². The average molecular weight is 368 g/mol. The Kier molecular flexibility index (Phi) is 3.59. The highest BCUT2D eigenvalue weighted by molar-refractivity contribution is 7.11. The summed E-state index contributed by atoms with van der Waals surface area (Å²) in [5.74, 6) is 1.09. The fraction of sp³-hybridized carbons (Fsp3) is 0.294. The highest BCUT2D eigenvalue weighted by Gasteiger charge is 2.26. The summed E-state index contributed by atoms with van der Waals surface area (Å²) < 4.78 is 13.3. The number of anilines is 1. The molecule has 9 heteroatoms. The molecule has 132 valence electrons. The van der Waals surface area contributed by atoms with Crippen LogP contribution in [0.15, 0.2) is 34.5 Å². The van der Waals surface area contributed by atoms with Gasteiger partial charge in [-0.15, -0.1) is 11.3 Å². The van der Waals surface area contributed by atoms with E-state index >= 15 is 0 Å². The Bertz CT molecular complexity index is 1050. The molecule has 0 saturated heterocycles. The molecular formula is C17H16N6O2S. The van der Waals surface area contributed by atoms with E-state index in [4.69, 9.17) is 20.0 Å². The minimum Gasteiger partial charge on any atom is -0.439 e. The van der Waals surface area contributed by atoms with E-state index < -0.39 is 0 Å². The number of aromatic nitrogens is 5. The largest absolute Gasteiger partial charge is 0.439 e. The monoisotopic (exact) mass is 368 g/mol. The van der Waals surface area contributed by atoms with Crippen molar-refractivity contribution in [3.05, 3.63) is 30.1 Å². The number of hydrogen-bond acceptors (Lipinski definition) is 8. The maximum Gasteiger partial charge on any atom is 0.259 e. The molecule has 1 aliphatic carbocycles. The predicted molar refractivity (Wildman–Crippen MR) is 97.1 cm³/mol. The van der Waals surface area contributed by atoms with E-state index in [1.165, 1.54) is 36.8 Å². The maximum absolute atomic E-state index is 6.12. The van der Waals surface area contributed by atoms with Crippen molar-refractivity contribution in [3.63, 3.8) is 0 Å². The molecule has 0 spiro atoms. The third-order valence-corrected chi connectivity index (χ3v) is 5.32. The van der Waals surface area contributed by atoms with Crippen molar-refractivity contribution >= 4 is 28.2 Å². The van der Waals surface area contributed by atoms with Crippen LogP contribution in [0.3, 0.4) is 0 Å². The number of fused-ring (bicyclic) bond motifs is 1. The van der Waals surface area contributed by atoms with Crippen molar-refractivity contribution in [1.82, 2.24) is 24.7 Å². The highest BCUT2D eigenvalue weighted by atomic mass is 32.1. The van der Waals surface area contributed by atoms with Crippen LogP contribution in [-0.2, 0) is 0 Å². The number of oxazole rings is 1. The van der Waals surface area contributed by atoms with Gasteiger partial charge in [0.25, 0.3) is 11.8 Å². The van der Waals surface area contributed by atoms with E-state index in [2.05, 4.69) is 15.0 Å². The molecule has 1 aliphatic rings. The van der Waals surface area contributed by atoms with Gasteiger partial charge in [0.1, 0.15) is 12.1 Å². The molecule has 8 nitrogen and oxygen atoms in total. The lowest BCUT2D eigenvalue weighted by Gasteiger charge is -2.09. The van der Waals surface area contributed by atoms with Crippen LogP contribution in [0.4, 0.5) is 5.82 Å². The predicted octanol–water partition coefficient (Wildman–Crippen LogP) is 4.03. The molecule has 4 aromatic heterocycles. The van der Waals surface area contributed by atoms with E-state index in [1.807, 2.05) is 22.2 Å². The van der Waals surface area contributed by atoms with E-state index in [0.29, 0.717) is 34.7 Å². The summed E-state index contributed by atoms with van der Waals surface area (Å²) in [7, 11) is 0. The van der Waals surface area contributed by atoms with E-state index in [9.17, 15) is 0 Å². The third-order valence-electron chi connectivity index (χ3n) is 4.57. The lowest BCUT2D eigenvalue weighted by atomic mass is 10.2. The van der Waals surface area contributed by atoms with Crippen molar-refractivity contribution in [1.29, 1.82) is 0 Å². The quantitative estimate of drug-likeness (QED) is 0.579. The summed E-state index contributed by atoms with van der Waals surface area (Å²) in [6.07, 6.45) is 7.49. The van der Waals surface area contributed by atoms with Crippen LogP contribution in [0.5, 0.6) is 10.9 Å². The highest BCUT2D eigenvalue weighted by Crippen LogP contribution is 2.37. The first kappa shape index (κ1) is 15.3. The smallest absolute Gasteiger partial charge is 0.259 e. The fourth-order valence-corrected chi connectivity index (χ4v) is 3.97. The van der Waals surface area contributed by atoms with Crippen LogP contribution in [0, 0.1) is 0 Å². The molecule has 1 fully saturated rings. The zero-order valence-corrected chi connectivity index (χ0v) is 14.6. The number of thiophene rings is 1. The van der Waals surface area contributed by atoms with Crippen LogP contribution in [-0.4, -0.2) is 24.7 Å². The molecule has 0 radical (unpaired) electrons. The Hall–Kier alpha value is -2.94. The van der Waals surface area contributed by atoms with Gasteiger partial charge in [0.15, 0.2) is 22.7 Å². The zero-order chi connectivity index (χ0) is 17.5. The second kappa shape index (κ2) is 6.10. The molecule has 4 aromatic rings. The van der Waals surface area contributed by atoms with Crippen molar-refractivity contribution in [2.45, 2.75) is 31.7 Å². The van der Waals surface area contributed by atoms with Crippen LogP contribution < -0.4 is 10.5 Å². The van der Waals surface area contributed by atoms with Gasteiger partial charge in [0.2, 0.25) is 0 Å². The third kappa shape index (κ3) is 2.51. The Labute approximate surface area is 152 Å². The Morgan fingerprint density at radius 2 is 2.15 bits per heavy atom. The van der Waals surface area contributed by atoms with Gasteiger partial charge < -0.3 is 14.9 Å². The topological polar surface area (TPSA) is 105 Å². The molecule has 0 atom stereocenters. The number of hydrogen-bond donors (Lipinski definition) is 1. The minimum absolute atomic E-state index is 0.317. The molecule has 26 heavy (non-hydrogen) atoms. The summed E-state index contributed by atoms with van der Waals surface area (Å²) in [6, 6.07) is 4.10. The van der Waals surface area contributed by atoms with Gasteiger partial charge in [-0.05, 0) is 30.4 Å². The number of nitrogen functional groups attached to an aromatic ring is 1. The van der Waals surface area contributed by atoms with E-state index in [-0.39, 0.29) is 0 Å². The van der Waals surface area contributed by atoms with Crippen molar-refractivity contribution in [3.8, 4) is 22.5 Å². The number of ether oxygens (including phenoxy) is 1. The maximum atomic E-state index is 6.12. The van der Waals surface area contributed by atoms with Gasteiger partial charge in [-0.1, -0.05) is 12.8 Å². The molecule has 5 rings (SSSR count). The first-order valence-electron chi connectivity index (χ1n) is 8.45. The summed E-state index contributed by atoms with van der Waals surface area (Å²) in [5.41, 5.74) is 7.39. The van der Waals surface area contributed by atoms with Gasteiger partial charge in [-0.2, -0.15) is 10.1 Å². The lowest BCUT2D eigenvalue weighted by molar-refractivity contribution is 0.469. The van der Waals surface area contributed by atoms with Gasteiger partial charge >= 0.3 is 0 Å². The fourth-order valence-electron chi connectivity index (χ4n) is 3.39. The summed E-state index contributed by atoms with van der Waals surface area (Å²) >= 11 is 1.49. The number of rotatable bonds is 4. The van der Waals surface area contributed by atoms with Gasteiger partial charge in [0.05, 0.1) is 11.4 Å². The minimum atomic E-state index is 0.317. The average Bonchev–Trinajstić information content (AvgIpc) is 3.42. The second-order valence-corrected chi connectivity index (χ2v) is 7.12. The Balaban J connectivity index is 1.59. The second-order valence-electron chi connectivity index (χ2n) is 6.21. The molecule has 0 aliphatic heterocycles. The summed E-state index contributed by atoms with van der Waals surface area (Å²) in [4.78, 5) is 12.9. The molecule has 0 unspecified atom stereocenters. The summed E-state index contributed by atoms with van der Waals surface area (Å²) in [6.45, 7) is 0. The normalized spacial score (nSPS) is 15.1. The van der Waals surface area contributed by atoms with Crippen LogP contribution in [0.1, 0.15) is 31.7 Å². The molecular weight excluding hydrogens is 352 g/mol.